The minimum atomic E-state index is -0.430. The molecule has 0 spiro atoms. The number of nitrogens with one attached hydrogen (secondary N) is 1. The summed E-state index contributed by atoms with van der Waals surface area (Å²) in [5.41, 5.74) is 2.49. The lowest BCUT2D eigenvalue weighted by Crippen LogP contribution is -2.44. The molecule has 0 saturated heterocycles. The first kappa shape index (κ1) is 25.4. The van der Waals surface area contributed by atoms with Crippen molar-refractivity contribution in [1.29, 1.82) is 0 Å². The second kappa shape index (κ2) is 12.3. The molecule has 2 aromatic carbocycles. The Bertz CT molecular complexity index is 1140. The maximum atomic E-state index is 13.5. The van der Waals surface area contributed by atoms with Gasteiger partial charge in [-0.1, -0.05) is 36.4 Å². The van der Waals surface area contributed by atoms with Crippen molar-refractivity contribution in [2.75, 3.05) is 32.6 Å². The minimum absolute atomic E-state index is 0.104. The summed E-state index contributed by atoms with van der Waals surface area (Å²) >= 11 is 0. The van der Waals surface area contributed by atoms with E-state index in [1.165, 1.54) is 12.0 Å². The molecule has 8 heteroatoms. The Morgan fingerprint density at radius 1 is 1.00 bits per heavy atom. The van der Waals surface area contributed by atoms with Crippen LogP contribution in [0.25, 0.3) is 0 Å². The minimum Gasteiger partial charge on any atom is -0.497 e. The zero-order valence-corrected chi connectivity index (χ0v) is 20.4. The Balaban J connectivity index is 1.77. The van der Waals surface area contributed by atoms with Crippen LogP contribution in [-0.2, 0) is 24.9 Å². The topological polar surface area (TPSA) is 76.0 Å². The molecule has 0 radical (unpaired) electrons. The van der Waals surface area contributed by atoms with Crippen LogP contribution in [0.15, 0.2) is 79.5 Å². The number of hydrogen-bond donors (Lipinski definition) is 1. The number of ether oxygens (including phenoxy) is 2. The van der Waals surface area contributed by atoms with Crippen molar-refractivity contribution in [2.45, 2.75) is 13.1 Å². The molecule has 3 aromatic rings. The van der Waals surface area contributed by atoms with Crippen molar-refractivity contribution in [3.05, 3.63) is 90.8 Å². The Morgan fingerprint density at radius 3 is 2.40 bits per heavy atom. The van der Waals surface area contributed by atoms with E-state index >= 15 is 0 Å². The quantitative estimate of drug-likeness (QED) is 0.419. The predicted molar refractivity (Wildman–Crippen MR) is 136 cm³/mol. The van der Waals surface area contributed by atoms with E-state index in [1.54, 1.807) is 36.3 Å². The van der Waals surface area contributed by atoms with Gasteiger partial charge in [0.15, 0.2) is 0 Å². The first-order valence-electron chi connectivity index (χ1n) is 11.3. The van der Waals surface area contributed by atoms with Gasteiger partial charge in [-0.05, 0) is 29.8 Å². The fraction of sp³-hybridized carbons (Fsp3) is 0.259. The van der Waals surface area contributed by atoms with E-state index in [0.29, 0.717) is 30.3 Å². The molecule has 0 aliphatic carbocycles. The third-order valence-corrected chi connectivity index (χ3v) is 5.59. The molecule has 3 amide bonds. The maximum absolute atomic E-state index is 13.5. The summed E-state index contributed by atoms with van der Waals surface area (Å²) in [6.07, 6.45) is 3.54. The van der Waals surface area contributed by atoms with E-state index < -0.39 is 6.03 Å². The van der Waals surface area contributed by atoms with E-state index in [1.807, 2.05) is 60.3 Å². The molecule has 0 atom stereocenters. The first-order valence-corrected chi connectivity index (χ1v) is 11.3. The molecule has 35 heavy (non-hydrogen) atoms. The van der Waals surface area contributed by atoms with Crippen LogP contribution in [0.3, 0.4) is 0 Å². The SMILES string of the molecule is C=CCN(CC(=O)N(Cc1ccccc1)Cc1cccn1C)C(=O)Nc1ccc(OC)cc1OC. The number of urea groups is 1. The van der Waals surface area contributed by atoms with E-state index in [9.17, 15) is 9.59 Å². The van der Waals surface area contributed by atoms with Crippen molar-refractivity contribution in [3.8, 4) is 11.5 Å². The van der Waals surface area contributed by atoms with Crippen molar-refractivity contribution >= 4 is 17.6 Å². The number of rotatable bonds is 11. The molecule has 3 rings (SSSR count). The van der Waals surface area contributed by atoms with Crippen LogP contribution < -0.4 is 14.8 Å². The molecule has 1 aromatic heterocycles. The molecule has 0 unspecified atom stereocenters. The molecule has 0 aliphatic rings. The molecule has 184 valence electrons. The first-order chi connectivity index (χ1) is 16.9. The molecular formula is C27H32N4O4. The van der Waals surface area contributed by atoms with Crippen molar-refractivity contribution in [1.82, 2.24) is 14.4 Å². The Hall–Kier alpha value is -4.20. The van der Waals surface area contributed by atoms with Gasteiger partial charge in [-0.2, -0.15) is 0 Å². The lowest BCUT2D eigenvalue weighted by molar-refractivity contribution is -0.133. The van der Waals surface area contributed by atoms with Crippen LogP contribution in [-0.4, -0.2) is 53.6 Å². The van der Waals surface area contributed by atoms with Gasteiger partial charge in [-0.25, -0.2) is 4.79 Å². The smallest absolute Gasteiger partial charge is 0.322 e. The van der Waals surface area contributed by atoms with Crippen molar-refractivity contribution in [2.24, 2.45) is 7.05 Å². The Kier molecular flexibility index (Phi) is 8.95. The highest BCUT2D eigenvalue weighted by Crippen LogP contribution is 2.29. The van der Waals surface area contributed by atoms with Crippen LogP contribution in [0.1, 0.15) is 11.3 Å². The summed E-state index contributed by atoms with van der Waals surface area (Å²) in [5.74, 6) is 0.890. The van der Waals surface area contributed by atoms with E-state index in [2.05, 4.69) is 11.9 Å². The van der Waals surface area contributed by atoms with Gasteiger partial charge in [0.2, 0.25) is 5.91 Å². The molecule has 8 nitrogen and oxygen atoms in total. The monoisotopic (exact) mass is 476 g/mol. The summed E-state index contributed by atoms with van der Waals surface area (Å²) in [6.45, 7) is 4.71. The lowest BCUT2D eigenvalue weighted by atomic mass is 10.2. The number of carbonyl (C=O) groups excluding carboxylic acids is 2. The normalized spacial score (nSPS) is 10.4. The van der Waals surface area contributed by atoms with E-state index in [4.69, 9.17) is 9.47 Å². The van der Waals surface area contributed by atoms with Gasteiger partial charge in [0.25, 0.3) is 0 Å². The number of methoxy groups -OCH3 is 2. The highest BCUT2D eigenvalue weighted by molar-refractivity contribution is 5.93. The summed E-state index contributed by atoms with van der Waals surface area (Å²) in [6, 6.07) is 18.4. The fourth-order valence-corrected chi connectivity index (χ4v) is 3.63. The van der Waals surface area contributed by atoms with Gasteiger partial charge in [-0.15, -0.1) is 6.58 Å². The highest BCUT2D eigenvalue weighted by atomic mass is 16.5. The summed E-state index contributed by atoms with van der Waals surface area (Å²) < 4.78 is 12.6. The van der Waals surface area contributed by atoms with E-state index in [-0.39, 0.29) is 19.0 Å². The molecule has 0 aliphatic heterocycles. The van der Waals surface area contributed by atoms with Crippen LogP contribution in [0.5, 0.6) is 11.5 Å². The molecular weight excluding hydrogens is 444 g/mol. The fourth-order valence-electron chi connectivity index (χ4n) is 3.63. The number of aromatic nitrogens is 1. The maximum Gasteiger partial charge on any atom is 0.322 e. The average molecular weight is 477 g/mol. The van der Waals surface area contributed by atoms with Gasteiger partial charge in [-0.3, -0.25) is 4.79 Å². The highest BCUT2D eigenvalue weighted by Gasteiger charge is 2.22. The van der Waals surface area contributed by atoms with Crippen molar-refractivity contribution in [3.63, 3.8) is 0 Å². The van der Waals surface area contributed by atoms with Crippen LogP contribution in [0.4, 0.5) is 10.5 Å². The standard InChI is InChI=1S/C27H32N4O4/c1-5-15-30(27(33)28-24-14-13-23(34-3)17-25(24)35-4)20-26(32)31(18-21-10-7-6-8-11-21)19-22-12-9-16-29(22)2/h5-14,16-17H,1,15,18-20H2,2-4H3,(H,28,33). The number of hydrogen-bond acceptors (Lipinski definition) is 4. The number of aryl methyl sites for hydroxylation is 1. The zero-order valence-electron chi connectivity index (χ0n) is 20.4. The number of anilines is 1. The van der Waals surface area contributed by atoms with Crippen LogP contribution >= 0.6 is 0 Å². The Morgan fingerprint density at radius 2 is 1.77 bits per heavy atom. The number of carbonyl (C=O) groups is 2. The molecule has 0 bridgehead atoms. The second-order valence-corrected chi connectivity index (χ2v) is 8.01. The summed E-state index contributed by atoms with van der Waals surface area (Å²) in [4.78, 5) is 29.7. The summed E-state index contributed by atoms with van der Waals surface area (Å²) in [7, 11) is 5.02. The number of benzene rings is 2. The van der Waals surface area contributed by atoms with Crippen molar-refractivity contribution < 1.29 is 19.1 Å². The van der Waals surface area contributed by atoms with Gasteiger partial charge >= 0.3 is 6.03 Å². The average Bonchev–Trinajstić information content (AvgIpc) is 3.28. The third-order valence-electron chi connectivity index (χ3n) is 5.59. The largest absolute Gasteiger partial charge is 0.497 e. The molecule has 1 heterocycles. The van der Waals surface area contributed by atoms with Gasteiger partial charge in [0, 0.05) is 38.1 Å². The lowest BCUT2D eigenvalue weighted by Gasteiger charge is -2.28. The van der Waals surface area contributed by atoms with Gasteiger partial charge in [0.05, 0.1) is 26.5 Å². The number of nitrogens with zero attached hydrogens (tertiary/aromatic N) is 3. The van der Waals surface area contributed by atoms with Crippen LogP contribution in [0.2, 0.25) is 0 Å². The van der Waals surface area contributed by atoms with Crippen LogP contribution in [0, 0.1) is 0 Å². The molecule has 0 saturated carbocycles. The Labute approximate surface area is 206 Å². The second-order valence-electron chi connectivity index (χ2n) is 8.01. The van der Waals surface area contributed by atoms with E-state index in [0.717, 1.165) is 11.3 Å². The number of amides is 3. The van der Waals surface area contributed by atoms with Gasteiger partial charge < -0.3 is 29.2 Å². The molecule has 1 N–H and O–H groups in total. The zero-order chi connectivity index (χ0) is 25.2. The summed E-state index contributed by atoms with van der Waals surface area (Å²) in [5, 5.41) is 2.83. The molecule has 0 fully saturated rings. The predicted octanol–water partition coefficient (Wildman–Crippen LogP) is 4.29. The third kappa shape index (κ3) is 6.89. The van der Waals surface area contributed by atoms with Gasteiger partial charge in [0.1, 0.15) is 18.0 Å².